The van der Waals surface area contributed by atoms with Crippen LogP contribution in [0.25, 0.3) is 43.8 Å². The molecule has 3 N–H and O–H groups in total. The van der Waals surface area contributed by atoms with Gasteiger partial charge in [-0.05, 0) is 68.1 Å². The van der Waals surface area contributed by atoms with E-state index in [1.165, 1.54) is 18.2 Å². The normalized spacial score (nSPS) is 13.6. The molecule has 0 bridgehead atoms. The fourth-order valence-electron chi connectivity index (χ4n) is 6.76. The van der Waals surface area contributed by atoms with E-state index in [1.807, 2.05) is 72.8 Å². The maximum Gasteiger partial charge on any atom is 0.416 e. The number of rotatable bonds is 8. The molecular weight excluding hydrogens is 711 g/mol. The number of fused-ring (bicyclic) bond motifs is 2. The van der Waals surface area contributed by atoms with Crippen molar-refractivity contribution in [2.24, 2.45) is 5.73 Å². The molecule has 0 heterocycles. The molecule has 0 aromatic heterocycles. The first-order chi connectivity index (χ1) is 25.2. The molecule has 0 aliphatic rings. The summed E-state index contributed by atoms with van der Waals surface area (Å²) in [6.45, 7) is 0. The van der Waals surface area contributed by atoms with Crippen LogP contribution in [0.2, 0.25) is 0 Å². The van der Waals surface area contributed by atoms with Gasteiger partial charge in [-0.15, -0.1) is 0 Å². The Labute approximate surface area is 301 Å². The van der Waals surface area contributed by atoms with Crippen LogP contribution in [-0.4, -0.2) is 8.42 Å². The minimum Gasteiger partial charge on any atom is -0.322 e. The first-order valence-electron chi connectivity index (χ1n) is 16.4. The fraction of sp³-hybridized carbons (Fsp3) is 0.0952. The van der Waals surface area contributed by atoms with Crippen LogP contribution in [0.4, 0.5) is 26.3 Å². The summed E-state index contributed by atoms with van der Waals surface area (Å²) in [4.78, 5) is -0.338. The van der Waals surface area contributed by atoms with E-state index in [-0.39, 0.29) is 27.1 Å². The van der Waals surface area contributed by atoms with Gasteiger partial charge in [-0.3, -0.25) is 0 Å². The number of nitrogens with two attached hydrogens (primary N) is 1. The highest BCUT2D eigenvalue weighted by Crippen LogP contribution is 2.41. The van der Waals surface area contributed by atoms with Gasteiger partial charge in [0.15, 0.2) is 0 Å². The zero-order chi connectivity index (χ0) is 37.5. The van der Waals surface area contributed by atoms with E-state index in [0.717, 1.165) is 70.1 Å². The van der Waals surface area contributed by atoms with Gasteiger partial charge < -0.3 is 5.73 Å². The van der Waals surface area contributed by atoms with Gasteiger partial charge in [0.1, 0.15) is 0 Å². The Balaban J connectivity index is 1.44. The first-order valence-corrected chi connectivity index (χ1v) is 17.9. The Morgan fingerprint density at radius 2 is 0.887 bits per heavy atom. The Morgan fingerprint density at radius 1 is 0.491 bits per heavy atom. The predicted molar refractivity (Wildman–Crippen MR) is 195 cm³/mol. The highest BCUT2D eigenvalue weighted by Gasteiger charge is 2.35. The molecule has 11 heteroatoms. The Bertz CT molecular complexity index is 2460. The monoisotopic (exact) mass is 740 g/mol. The van der Waals surface area contributed by atoms with Crippen LogP contribution in [0, 0.1) is 0 Å². The smallest absolute Gasteiger partial charge is 0.322 e. The Hall–Kier alpha value is -5.49. The molecule has 0 fully saturated rings. The lowest BCUT2D eigenvalue weighted by Gasteiger charge is -2.29. The number of halogens is 6. The van der Waals surface area contributed by atoms with Crippen molar-refractivity contribution in [2.75, 3.05) is 0 Å². The number of hydrogen-bond donors (Lipinski definition) is 2. The van der Waals surface area contributed by atoms with Crippen molar-refractivity contribution >= 4 is 31.6 Å². The van der Waals surface area contributed by atoms with Crippen LogP contribution in [0.3, 0.4) is 0 Å². The summed E-state index contributed by atoms with van der Waals surface area (Å²) in [5.41, 5.74) is 6.82. The average molecular weight is 741 g/mol. The van der Waals surface area contributed by atoms with E-state index in [1.54, 1.807) is 12.1 Å². The molecule has 53 heavy (non-hydrogen) atoms. The highest BCUT2D eigenvalue weighted by atomic mass is 32.2. The standard InChI is InChI=1S/C42H30F6N2O2S/c43-41(44,45)30-22-18-28(19-23-30)34-14-7-15-35(29-20-24-31(25-21-29)42(46,47)48)40(34)53(51,52)50-39(37-17-6-11-27-9-2-4-13-33(27)37)38(49)36-16-5-10-26-8-1-3-12-32(26)36/h1-25,38-39,50H,49H2/t38-,39-/m0/s1. The summed E-state index contributed by atoms with van der Waals surface area (Å²) in [6.07, 6.45) is -9.28. The van der Waals surface area contributed by atoms with Crippen molar-refractivity contribution in [1.82, 2.24) is 4.72 Å². The molecule has 0 aliphatic heterocycles. The lowest BCUT2D eigenvalue weighted by molar-refractivity contribution is -0.138. The van der Waals surface area contributed by atoms with Crippen LogP contribution >= 0.6 is 0 Å². The van der Waals surface area contributed by atoms with Crippen LogP contribution in [-0.2, 0) is 22.4 Å². The summed E-state index contributed by atoms with van der Waals surface area (Å²) in [7, 11) is -4.69. The molecule has 0 radical (unpaired) electrons. The van der Waals surface area contributed by atoms with Gasteiger partial charge in [0.2, 0.25) is 10.0 Å². The number of hydrogen-bond acceptors (Lipinski definition) is 3. The van der Waals surface area contributed by atoms with Crippen molar-refractivity contribution in [1.29, 1.82) is 0 Å². The van der Waals surface area contributed by atoms with Gasteiger partial charge in [0.25, 0.3) is 0 Å². The van der Waals surface area contributed by atoms with Crippen molar-refractivity contribution < 1.29 is 34.8 Å². The van der Waals surface area contributed by atoms with Gasteiger partial charge in [-0.25, -0.2) is 13.1 Å². The van der Waals surface area contributed by atoms with E-state index >= 15 is 8.42 Å². The fourth-order valence-corrected chi connectivity index (χ4v) is 8.43. The summed E-state index contributed by atoms with van der Waals surface area (Å²) in [5.74, 6) is 0. The van der Waals surface area contributed by atoms with Crippen molar-refractivity contribution in [3.05, 3.63) is 174 Å². The highest BCUT2D eigenvalue weighted by molar-refractivity contribution is 7.89. The molecule has 0 amide bonds. The van der Waals surface area contributed by atoms with E-state index in [4.69, 9.17) is 5.73 Å². The maximum atomic E-state index is 15.1. The van der Waals surface area contributed by atoms with Crippen LogP contribution in [0.1, 0.15) is 34.3 Å². The van der Waals surface area contributed by atoms with Crippen LogP contribution in [0.5, 0.6) is 0 Å². The molecule has 0 saturated heterocycles. The van der Waals surface area contributed by atoms with Gasteiger partial charge in [0.05, 0.1) is 28.1 Å². The molecule has 268 valence electrons. The number of nitrogens with one attached hydrogen (secondary N) is 1. The molecule has 0 spiro atoms. The molecule has 0 aliphatic carbocycles. The second-order valence-corrected chi connectivity index (χ2v) is 14.2. The van der Waals surface area contributed by atoms with E-state index in [0.29, 0.717) is 11.1 Å². The third kappa shape index (κ3) is 7.15. The largest absolute Gasteiger partial charge is 0.416 e. The number of benzene rings is 7. The molecular formula is C42H30F6N2O2S. The van der Waals surface area contributed by atoms with Crippen molar-refractivity contribution in [2.45, 2.75) is 29.3 Å². The zero-order valence-corrected chi connectivity index (χ0v) is 28.5. The van der Waals surface area contributed by atoms with E-state index < -0.39 is 45.6 Å². The van der Waals surface area contributed by atoms with Crippen molar-refractivity contribution in [3.63, 3.8) is 0 Å². The third-order valence-corrected chi connectivity index (χ3v) is 10.9. The molecule has 4 nitrogen and oxygen atoms in total. The molecule has 7 aromatic rings. The molecule has 7 rings (SSSR count). The predicted octanol–water partition coefficient (Wildman–Crippen LogP) is 11.1. The lowest BCUT2D eigenvalue weighted by Crippen LogP contribution is -2.36. The molecule has 7 aromatic carbocycles. The maximum absolute atomic E-state index is 15.1. The Kier molecular flexibility index (Phi) is 9.35. The first kappa shape index (κ1) is 35.9. The summed E-state index contributed by atoms with van der Waals surface area (Å²) < 4.78 is 114. The quantitative estimate of drug-likeness (QED) is 0.152. The molecule has 2 atom stereocenters. The second-order valence-electron chi connectivity index (χ2n) is 12.6. The summed E-state index contributed by atoms with van der Waals surface area (Å²) in [5, 5.41) is 3.26. The summed E-state index contributed by atoms with van der Waals surface area (Å²) >= 11 is 0. The van der Waals surface area contributed by atoms with Crippen LogP contribution in [0.15, 0.2) is 157 Å². The second kappa shape index (κ2) is 13.8. The Morgan fingerprint density at radius 3 is 1.36 bits per heavy atom. The van der Waals surface area contributed by atoms with Crippen LogP contribution < -0.4 is 10.5 Å². The zero-order valence-electron chi connectivity index (χ0n) is 27.7. The van der Waals surface area contributed by atoms with E-state index in [9.17, 15) is 26.3 Å². The third-order valence-electron chi connectivity index (χ3n) is 9.31. The van der Waals surface area contributed by atoms with Crippen molar-refractivity contribution in [3.8, 4) is 22.3 Å². The van der Waals surface area contributed by atoms with Gasteiger partial charge in [-0.2, -0.15) is 26.3 Å². The SMILES string of the molecule is N[C@@H](c1cccc2ccccc12)[C@@H](NS(=O)(=O)c1c(-c2ccc(C(F)(F)F)cc2)cccc1-c1ccc(C(F)(F)F)cc1)c1cccc2ccccc12. The minimum absolute atomic E-state index is 0.0408. The average Bonchev–Trinajstić information content (AvgIpc) is 3.15. The van der Waals surface area contributed by atoms with E-state index in [2.05, 4.69) is 4.72 Å². The summed E-state index contributed by atoms with van der Waals surface area (Å²) in [6, 6.07) is 36.4. The van der Waals surface area contributed by atoms with Gasteiger partial charge in [-0.1, -0.05) is 127 Å². The minimum atomic E-state index is -4.69. The number of alkyl halides is 6. The molecule has 0 unspecified atom stereocenters. The lowest BCUT2D eigenvalue weighted by atomic mass is 9.89. The van der Waals surface area contributed by atoms with Gasteiger partial charge >= 0.3 is 12.4 Å². The number of sulfonamides is 1. The molecule has 0 saturated carbocycles. The topological polar surface area (TPSA) is 72.2 Å². The van der Waals surface area contributed by atoms with Gasteiger partial charge in [0, 0.05) is 11.1 Å².